The number of carbonyl (C=O) groups is 3. The van der Waals surface area contributed by atoms with Crippen molar-refractivity contribution in [1.29, 1.82) is 0 Å². The molecule has 0 unspecified atom stereocenters. The molecule has 2 aliphatic heterocycles. The van der Waals surface area contributed by atoms with Gasteiger partial charge in [-0.3, -0.25) is 19.3 Å². The molecule has 1 aromatic heterocycles. The molecule has 0 radical (unpaired) electrons. The zero-order valence-corrected chi connectivity index (χ0v) is 15.7. The number of hydrogen-bond acceptors (Lipinski definition) is 6. The number of aromatic nitrogens is 3. The van der Waals surface area contributed by atoms with Gasteiger partial charge in [-0.25, -0.2) is 0 Å². The van der Waals surface area contributed by atoms with E-state index in [1.165, 1.54) is 22.9 Å². The molecule has 138 valence electrons. The van der Waals surface area contributed by atoms with Crippen molar-refractivity contribution in [2.75, 3.05) is 5.75 Å². The van der Waals surface area contributed by atoms with Crippen LogP contribution in [0.4, 0.5) is 0 Å². The Morgan fingerprint density at radius 2 is 2.11 bits per heavy atom. The number of β-lactam (4-membered cyclic amide) rings is 1. The Morgan fingerprint density at radius 1 is 1.33 bits per heavy atom. The number of aromatic amines is 1. The lowest BCUT2D eigenvalue weighted by atomic mass is 10.0. The van der Waals surface area contributed by atoms with Gasteiger partial charge in [0.25, 0.3) is 5.91 Å². The van der Waals surface area contributed by atoms with Crippen LogP contribution in [0.5, 0.6) is 0 Å². The van der Waals surface area contributed by atoms with Gasteiger partial charge in [-0.1, -0.05) is 43.0 Å². The van der Waals surface area contributed by atoms with Crippen LogP contribution in [0, 0.1) is 0 Å². The van der Waals surface area contributed by atoms with E-state index in [1.807, 2.05) is 30.3 Å². The Morgan fingerprint density at radius 3 is 2.78 bits per heavy atom. The van der Waals surface area contributed by atoms with Gasteiger partial charge >= 0.3 is 0 Å². The van der Waals surface area contributed by atoms with Gasteiger partial charge in [0.1, 0.15) is 22.8 Å². The molecule has 1 saturated heterocycles. The van der Waals surface area contributed by atoms with Crippen LogP contribution in [0.15, 0.2) is 42.2 Å². The molecule has 0 spiro atoms. The lowest BCUT2D eigenvalue weighted by Gasteiger charge is -2.49. The quantitative estimate of drug-likeness (QED) is 0.501. The van der Waals surface area contributed by atoms with Crippen LogP contribution in [-0.2, 0) is 20.8 Å². The molecule has 2 amide bonds. The second kappa shape index (κ2) is 7.20. The Labute approximate surface area is 164 Å². The van der Waals surface area contributed by atoms with Crippen molar-refractivity contribution >= 4 is 46.9 Å². The molecule has 2 atom stereocenters. The van der Waals surface area contributed by atoms with Gasteiger partial charge < -0.3 is 5.32 Å². The second-order valence-electron chi connectivity index (χ2n) is 6.10. The van der Waals surface area contributed by atoms with Crippen molar-refractivity contribution in [2.45, 2.75) is 17.8 Å². The third-order valence-electron chi connectivity index (χ3n) is 4.42. The normalized spacial score (nSPS) is 21.5. The summed E-state index contributed by atoms with van der Waals surface area (Å²) in [5.74, 6) is -0.0925. The average Bonchev–Trinajstić information content (AvgIpc) is 3.20. The average molecular weight is 401 g/mol. The van der Waals surface area contributed by atoms with E-state index in [9.17, 15) is 14.4 Å². The number of fused-ring (bicyclic) bond motifs is 1. The van der Waals surface area contributed by atoms with E-state index in [0.29, 0.717) is 17.0 Å². The van der Waals surface area contributed by atoms with E-state index in [-0.39, 0.29) is 29.3 Å². The van der Waals surface area contributed by atoms with Crippen LogP contribution >= 0.6 is 24.4 Å². The van der Waals surface area contributed by atoms with Gasteiger partial charge in [0.05, 0.1) is 12.6 Å². The number of benzene rings is 1. The number of hydrogen-bond donors (Lipinski definition) is 3. The van der Waals surface area contributed by atoms with Gasteiger partial charge in [0.15, 0.2) is 0 Å². The summed E-state index contributed by atoms with van der Waals surface area (Å²) in [6, 6.07) is 8.64. The minimum absolute atomic E-state index is 0.195. The van der Waals surface area contributed by atoms with E-state index in [2.05, 4.69) is 33.4 Å². The van der Waals surface area contributed by atoms with Gasteiger partial charge in [-0.2, -0.15) is 15.4 Å². The molecule has 10 heteroatoms. The third kappa shape index (κ3) is 3.26. The molecule has 1 fully saturated rings. The predicted molar refractivity (Wildman–Crippen MR) is 102 cm³/mol. The van der Waals surface area contributed by atoms with E-state index >= 15 is 0 Å². The topological polar surface area (TPSA) is 108 Å². The summed E-state index contributed by atoms with van der Waals surface area (Å²) in [4.78, 5) is 38.4. The zero-order valence-electron chi connectivity index (χ0n) is 14.0. The molecule has 2 N–H and O–H groups in total. The Balaban J connectivity index is 1.51. The largest absolute Gasteiger partial charge is 0.341 e. The maximum Gasteiger partial charge on any atom is 0.253 e. The fourth-order valence-corrected chi connectivity index (χ4v) is 4.77. The first-order chi connectivity index (χ1) is 13.1. The third-order valence-corrected chi connectivity index (χ3v) is 5.91. The highest BCUT2D eigenvalue weighted by Gasteiger charge is 2.53. The highest BCUT2D eigenvalue weighted by molar-refractivity contribution is 8.00. The van der Waals surface area contributed by atoms with Crippen molar-refractivity contribution < 1.29 is 14.4 Å². The minimum atomic E-state index is -0.659. The summed E-state index contributed by atoms with van der Waals surface area (Å²) < 4.78 is 0. The molecule has 27 heavy (non-hydrogen) atoms. The summed E-state index contributed by atoms with van der Waals surface area (Å²) in [7, 11) is 0. The summed E-state index contributed by atoms with van der Waals surface area (Å²) in [6.45, 7) is 0. The number of nitrogens with zero attached hydrogens (tertiary/aromatic N) is 3. The first-order valence-electron chi connectivity index (χ1n) is 8.17. The molecule has 3 heterocycles. The Hall–Kier alpha value is -2.59. The number of carbonyl (C=O) groups excluding carboxylic acids is 3. The van der Waals surface area contributed by atoms with Crippen molar-refractivity contribution in [1.82, 2.24) is 25.6 Å². The summed E-state index contributed by atoms with van der Waals surface area (Å²) in [5.41, 5.74) is 2.18. The highest BCUT2D eigenvalue weighted by Crippen LogP contribution is 2.43. The fraction of sp³-hybridized carbons (Fsp3) is 0.235. The van der Waals surface area contributed by atoms with E-state index in [0.717, 1.165) is 5.56 Å². The van der Waals surface area contributed by atoms with E-state index in [1.54, 1.807) is 0 Å². The van der Waals surface area contributed by atoms with Crippen molar-refractivity contribution in [3.8, 4) is 0 Å². The Bertz CT molecular complexity index is 929. The van der Waals surface area contributed by atoms with Gasteiger partial charge in [-0.05, 0) is 5.56 Å². The number of rotatable bonds is 5. The summed E-state index contributed by atoms with van der Waals surface area (Å²) >= 11 is 5.39. The fourth-order valence-electron chi connectivity index (χ4n) is 3.17. The first kappa shape index (κ1) is 17.8. The van der Waals surface area contributed by atoms with Gasteiger partial charge in [0, 0.05) is 11.3 Å². The van der Waals surface area contributed by atoms with Gasteiger partial charge in [-0.15, -0.1) is 11.8 Å². The molecule has 1 aromatic carbocycles. The van der Waals surface area contributed by atoms with E-state index < -0.39 is 11.2 Å². The molecule has 4 rings (SSSR count). The van der Waals surface area contributed by atoms with Crippen LogP contribution < -0.4 is 5.32 Å². The molecule has 8 nitrogen and oxygen atoms in total. The summed E-state index contributed by atoms with van der Waals surface area (Å²) in [5, 5.41) is 12.2. The first-order valence-corrected chi connectivity index (χ1v) is 9.66. The maximum atomic E-state index is 12.6. The number of thiol groups is 1. The van der Waals surface area contributed by atoms with Crippen molar-refractivity contribution in [2.24, 2.45) is 0 Å². The number of amides is 2. The monoisotopic (exact) mass is 401 g/mol. The smallest absolute Gasteiger partial charge is 0.253 e. The van der Waals surface area contributed by atoms with Crippen LogP contribution in [0.2, 0.25) is 0 Å². The molecule has 2 aromatic rings. The van der Waals surface area contributed by atoms with Crippen molar-refractivity contribution in [3.63, 3.8) is 0 Å². The zero-order chi connectivity index (χ0) is 19.0. The van der Waals surface area contributed by atoms with Crippen LogP contribution in [-0.4, -0.2) is 54.4 Å². The summed E-state index contributed by atoms with van der Waals surface area (Å²) in [6.07, 6.45) is 1.69. The molecular weight excluding hydrogens is 386 g/mol. The predicted octanol–water partition coefficient (Wildman–Crippen LogP) is 0.615. The minimum Gasteiger partial charge on any atom is -0.341 e. The standard InChI is InChI=1S/C17H15N5O3S2/c23-12(6-9-4-2-1-3-5-9)19-13-15(24)22-14(17(25)26)10(8-27-16(13)22)11-7-18-21-20-11/h1-5,7,13,16H,6,8H2,(H,19,23)(H,25,26)(H,18,20,21)/t13-,16-/m1/s1. The van der Waals surface area contributed by atoms with Gasteiger partial charge in [0.2, 0.25) is 11.0 Å². The van der Waals surface area contributed by atoms with E-state index in [4.69, 9.17) is 0 Å². The number of thioether (sulfide) groups is 1. The SMILES string of the molecule is O=C(Cc1ccccc1)N[C@@H]1C(=O)N2C(C(=O)S)=C(c3cn[nH]n3)CS[C@H]12. The number of nitrogens with one attached hydrogen (secondary N) is 2. The lowest BCUT2D eigenvalue weighted by molar-refractivity contribution is -0.146. The lowest BCUT2D eigenvalue weighted by Crippen LogP contribution is -2.70. The van der Waals surface area contributed by atoms with Crippen LogP contribution in [0.1, 0.15) is 11.3 Å². The molecule has 0 bridgehead atoms. The molecule has 0 saturated carbocycles. The van der Waals surface area contributed by atoms with Crippen molar-refractivity contribution in [3.05, 3.63) is 53.5 Å². The second-order valence-corrected chi connectivity index (χ2v) is 7.62. The van der Waals surface area contributed by atoms with Crippen LogP contribution in [0.25, 0.3) is 5.57 Å². The molecule has 0 aliphatic carbocycles. The number of H-pyrrole nitrogens is 1. The highest BCUT2D eigenvalue weighted by atomic mass is 32.2. The van der Waals surface area contributed by atoms with Crippen LogP contribution in [0.3, 0.4) is 0 Å². The maximum absolute atomic E-state index is 12.6. The molecular formula is C17H15N5O3S2. The molecule has 2 aliphatic rings. The Kier molecular flexibility index (Phi) is 4.75.